The van der Waals surface area contributed by atoms with Gasteiger partial charge in [0.2, 0.25) is 5.88 Å². The van der Waals surface area contributed by atoms with Gasteiger partial charge in [-0.3, -0.25) is 0 Å². The Labute approximate surface area is 267 Å². The number of unbranched alkanes of at least 4 members (excludes halogenated alkanes) is 2. The Morgan fingerprint density at radius 1 is 1.11 bits per heavy atom. The summed E-state index contributed by atoms with van der Waals surface area (Å²) < 4.78 is 77.5. The molecule has 1 radical (unpaired) electrons. The maximum atomic E-state index is 13.7. The first kappa shape index (κ1) is 36.4. The normalized spacial score (nSPS) is 12.5. The molecular formula is C29H43F3GeN7O4S. The van der Waals surface area contributed by atoms with Crippen molar-refractivity contribution in [1.29, 1.82) is 0 Å². The molecule has 0 aliphatic carbocycles. The minimum absolute atomic E-state index is 0.0197. The standard InChI is InChI=1S/C29H43F3GeN7O4S/c1-9-11-12-16-39(10-2)26-21(27(41)37-45(42,43)25-20(3)35-38(8)22(25)18-33(6)7)13-14-23(34-26)40-17-15-24(36-40)44-19-28(4,5)29(30,31)32/h13-15,17H,9-12,16,18-19H2,1-8H3,(H,37,41). The monoisotopic (exact) mass is 716 g/mol. The van der Waals surface area contributed by atoms with Crippen molar-refractivity contribution in [2.75, 3.05) is 24.6 Å². The van der Waals surface area contributed by atoms with Crippen molar-refractivity contribution in [3.8, 4) is 11.7 Å². The number of hydrogen-bond acceptors (Lipinski definition) is 8. The predicted molar refractivity (Wildman–Crippen MR) is 168 cm³/mol. The molecule has 0 fully saturated rings. The number of carbonyl (C=O) groups is 1. The topological polar surface area (TPSA) is 124 Å². The van der Waals surface area contributed by atoms with Crippen molar-refractivity contribution < 1.29 is 31.1 Å². The number of nitrogens with zero attached hydrogens (tertiary/aromatic N) is 6. The van der Waals surface area contributed by atoms with Crippen LogP contribution in [-0.2, 0) is 22.3 Å². The van der Waals surface area contributed by atoms with Crippen LogP contribution >= 0.6 is 0 Å². The van der Waals surface area contributed by atoms with Crippen molar-refractivity contribution >= 4 is 36.1 Å². The van der Waals surface area contributed by atoms with E-state index in [2.05, 4.69) is 38.3 Å². The molecule has 16 heteroatoms. The molecule has 249 valence electrons. The number of rotatable bonds is 15. The number of nitrogens with one attached hydrogen (secondary N) is 1. The van der Waals surface area contributed by atoms with Crippen LogP contribution in [0.4, 0.5) is 19.0 Å². The molecule has 45 heavy (non-hydrogen) atoms. The average Bonchev–Trinajstić information content (AvgIpc) is 3.52. The third-order valence-corrected chi connectivity index (χ3v) is 11.0. The number of hydrogen-bond donors (Lipinski definition) is 1. The molecule has 1 N–H and O–H groups in total. The summed E-state index contributed by atoms with van der Waals surface area (Å²) in [4.78, 5) is 20.3. The zero-order chi connectivity index (χ0) is 33.7. The van der Waals surface area contributed by atoms with Gasteiger partial charge in [0.1, 0.15) is 6.61 Å². The summed E-state index contributed by atoms with van der Waals surface area (Å²) in [5, 5.41) is 9.16. The molecule has 0 saturated heterocycles. The van der Waals surface area contributed by atoms with Gasteiger partial charge < -0.3 is 4.74 Å². The van der Waals surface area contributed by atoms with Crippen LogP contribution in [0.2, 0.25) is 11.5 Å². The summed E-state index contributed by atoms with van der Waals surface area (Å²) in [6.07, 6.45) is -0.216. The summed E-state index contributed by atoms with van der Waals surface area (Å²) in [5.74, 6) is 3.94. The molecule has 11 nitrogen and oxygen atoms in total. The number of alkyl halides is 3. The zero-order valence-electron chi connectivity index (χ0n) is 27.1. The summed E-state index contributed by atoms with van der Waals surface area (Å²) in [6, 6.07) is 4.39. The van der Waals surface area contributed by atoms with Crippen molar-refractivity contribution in [2.45, 2.75) is 81.7 Å². The fourth-order valence-corrected chi connectivity index (χ4v) is 8.52. The van der Waals surface area contributed by atoms with Gasteiger partial charge in [-0.25, -0.2) is 0 Å². The Morgan fingerprint density at radius 2 is 1.80 bits per heavy atom. The fraction of sp³-hybridized carbons (Fsp3) is 0.586. The number of aryl methyl sites for hydroxylation is 2. The van der Waals surface area contributed by atoms with Crippen molar-refractivity contribution in [3.05, 3.63) is 41.3 Å². The number of halogens is 3. The van der Waals surface area contributed by atoms with Crippen LogP contribution in [0.25, 0.3) is 5.82 Å². The maximum absolute atomic E-state index is 13.7. The molecule has 3 heterocycles. The molecule has 0 aliphatic rings. The van der Waals surface area contributed by atoms with E-state index >= 15 is 0 Å². The van der Waals surface area contributed by atoms with Crippen LogP contribution in [-0.4, -0.2) is 79.1 Å². The van der Waals surface area contributed by atoms with E-state index < -0.39 is 48.5 Å². The third-order valence-electron chi connectivity index (χ3n) is 7.26. The first-order valence-electron chi connectivity index (χ1n) is 14.8. The van der Waals surface area contributed by atoms with Crippen molar-refractivity contribution in [3.63, 3.8) is 0 Å². The number of aromatic nitrogens is 5. The quantitative estimate of drug-likeness (QED) is 0.167. The van der Waals surface area contributed by atoms with Crippen LogP contribution < -0.4 is 14.4 Å². The van der Waals surface area contributed by atoms with E-state index in [9.17, 15) is 26.4 Å². The van der Waals surface area contributed by atoms with E-state index in [1.807, 2.05) is 11.8 Å². The van der Waals surface area contributed by atoms with E-state index in [1.165, 1.54) is 29.1 Å². The molecule has 0 unspecified atom stereocenters. The molecule has 0 aliphatic heterocycles. The van der Waals surface area contributed by atoms with Crippen LogP contribution in [0, 0.1) is 12.3 Å². The summed E-state index contributed by atoms with van der Waals surface area (Å²) in [7, 11) is -2.57. The van der Waals surface area contributed by atoms with Gasteiger partial charge >= 0.3 is 199 Å². The Balaban J connectivity index is 1.98. The van der Waals surface area contributed by atoms with Crippen LogP contribution in [0.1, 0.15) is 68.7 Å². The van der Waals surface area contributed by atoms with E-state index in [-0.39, 0.29) is 28.0 Å². The number of carbonyl (C=O) groups excluding carboxylic acids is 1. The van der Waals surface area contributed by atoms with E-state index in [0.29, 0.717) is 29.7 Å². The van der Waals surface area contributed by atoms with Gasteiger partial charge in [-0.1, -0.05) is 13.3 Å². The van der Waals surface area contributed by atoms with Gasteiger partial charge in [0.25, 0.3) is 0 Å². The Morgan fingerprint density at radius 3 is 2.40 bits per heavy atom. The minimum atomic E-state index is -4.45. The summed E-state index contributed by atoms with van der Waals surface area (Å²) in [6.45, 7) is 8.10. The second kappa shape index (κ2) is 14.6. The molecule has 3 aromatic heterocycles. The van der Waals surface area contributed by atoms with Gasteiger partial charge in [0.05, 0.1) is 5.41 Å². The molecule has 0 spiro atoms. The first-order chi connectivity index (χ1) is 20.9. The molecule has 0 saturated carbocycles. The molecule has 0 aromatic carbocycles. The van der Waals surface area contributed by atoms with Gasteiger partial charge in [-0.15, -0.1) is 0 Å². The predicted octanol–water partition coefficient (Wildman–Crippen LogP) is 5.25. The average molecular weight is 715 g/mol. The fourth-order valence-electron chi connectivity index (χ4n) is 4.59. The Hall–Kier alpha value is -3.08. The molecule has 3 rings (SSSR count). The molecule has 0 bridgehead atoms. The van der Waals surface area contributed by atoms with Crippen LogP contribution in [0.15, 0.2) is 29.3 Å². The van der Waals surface area contributed by atoms with Gasteiger partial charge in [0, 0.05) is 6.07 Å². The van der Waals surface area contributed by atoms with E-state index in [4.69, 9.17) is 4.74 Å². The molecule has 0 atom stereocenters. The van der Waals surface area contributed by atoms with Gasteiger partial charge in [-0.05, 0) is 13.8 Å². The first-order valence-corrected chi connectivity index (χ1v) is 22.0. The number of anilines is 1. The number of sulfonamides is 1. The number of ether oxygens (including phenoxy) is 1. The van der Waals surface area contributed by atoms with Gasteiger partial charge in [-0.2, -0.15) is 13.2 Å². The molecule has 3 aromatic rings. The SMILES string of the molecule is CCCCCN(CC)c1nc(-n2ccc(OCC(C)(C)C(F)(F)F)n2)ccc1C(=O)NS(=O)(=O)c1c(C)nn(C)c1[CH2][Ge]([CH3])[CH3]. The Bertz CT molecular complexity index is 1590. The Kier molecular flexibility index (Phi) is 11.8. The number of amides is 1. The van der Waals surface area contributed by atoms with Crippen LogP contribution in [0.3, 0.4) is 0 Å². The van der Waals surface area contributed by atoms with Gasteiger partial charge in [0.15, 0.2) is 0 Å². The van der Waals surface area contributed by atoms with E-state index in [0.717, 1.165) is 33.1 Å². The second-order valence-corrected chi connectivity index (χ2v) is 19.3. The summed E-state index contributed by atoms with van der Waals surface area (Å²) >= 11 is -1.50. The van der Waals surface area contributed by atoms with Crippen LogP contribution in [0.5, 0.6) is 5.88 Å². The molecule has 1 amide bonds. The number of pyridine rings is 1. The van der Waals surface area contributed by atoms with Crippen molar-refractivity contribution in [1.82, 2.24) is 29.3 Å². The van der Waals surface area contributed by atoms with Crippen molar-refractivity contribution in [2.24, 2.45) is 12.5 Å². The summed E-state index contributed by atoms with van der Waals surface area (Å²) in [5.41, 5.74) is -1.14. The zero-order valence-corrected chi connectivity index (χ0v) is 30.0. The molecular weight excluding hydrogens is 672 g/mol. The van der Waals surface area contributed by atoms with E-state index in [1.54, 1.807) is 18.7 Å². The second-order valence-electron chi connectivity index (χ2n) is 11.9. The third kappa shape index (κ3) is 8.80.